The van der Waals surface area contributed by atoms with Crippen LogP contribution in [0, 0.1) is 5.82 Å². The van der Waals surface area contributed by atoms with Gasteiger partial charge in [-0.05, 0) is 47.7 Å². The van der Waals surface area contributed by atoms with Crippen molar-refractivity contribution in [2.45, 2.75) is 26.7 Å². The molecule has 0 saturated carbocycles. The SMILES string of the molecule is CCCOc1ccc(-c2ccc(C(=O)O)c(CC)c2)cc1F. The maximum atomic E-state index is 14.0. The molecule has 0 saturated heterocycles. The fraction of sp³-hybridized carbons (Fsp3) is 0.278. The van der Waals surface area contributed by atoms with Crippen molar-refractivity contribution >= 4 is 5.97 Å². The van der Waals surface area contributed by atoms with Crippen LogP contribution in [0.1, 0.15) is 36.2 Å². The van der Waals surface area contributed by atoms with Gasteiger partial charge in [0.15, 0.2) is 11.6 Å². The number of aromatic carboxylic acids is 1. The number of benzene rings is 2. The molecule has 0 bridgehead atoms. The molecule has 22 heavy (non-hydrogen) atoms. The van der Waals surface area contributed by atoms with E-state index in [0.29, 0.717) is 18.6 Å². The third kappa shape index (κ3) is 3.45. The monoisotopic (exact) mass is 302 g/mol. The number of ether oxygens (including phenoxy) is 1. The molecule has 4 heteroatoms. The summed E-state index contributed by atoms with van der Waals surface area (Å²) in [4.78, 5) is 11.2. The van der Waals surface area contributed by atoms with Crippen molar-refractivity contribution in [3.8, 4) is 16.9 Å². The van der Waals surface area contributed by atoms with E-state index in [1.165, 1.54) is 6.07 Å². The van der Waals surface area contributed by atoms with Gasteiger partial charge in [0, 0.05) is 0 Å². The molecule has 0 radical (unpaired) electrons. The number of carbonyl (C=O) groups is 1. The molecule has 2 rings (SSSR count). The van der Waals surface area contributed by atoms with E-state index in [2.05, 4.69) is 0 Å². The molecule has 0 aromatic heterocycles. The normalized spacial score (nSPS) is 10.5. The lowest BCUT2D eigenvalue weighted by Gasteiger charge is -2.10. The number of aryl methyl sites for hydroxylation is 1. The number of hydrogen-bond donors (Lipinski definition) is 1. The summed E-state index contributed by atoms with van der Waals surface area (Å²) in [7, 11) is 0. The predicted octanol–water partition coefficient (Wildman–Crippen LogP) is 4.54. The van der Waals surface area contributed by atoms with Crippen LogP contribution in [0.4, 0.5) is 4.39 Å². The molecule has 0 aliphatic heterocycles. The molecule has 0 aliphatic rings. The van der Waals surface area contributed by atoms with Crippen LogP contribution in [0.25, 0.3) is 11.1 Å². The summed E-state index contributed by atoms with van der Waals surface area (Å²) in [5.41, 5.74) is 2.52. The number of halogens is 1. The van der Waals surface area contributed by atoms with Gasteiger partial charge in [-0.1, -0.05) is 32.0 Å². The molecule has 0 fully saturated rings. The third-order valence-corrected chi connectivity index (χ3v) is 3.44. The lowest BCUT2D eigenvalue weighted by atomic mass is 9.97. The molecule has 1 N–H and O–H groups in total. The van der Waals surface area contributed by atoms with Crippen LogP contribution < -0.4 is 4.74 Å². The minimum absolute atomic E-state index is 0.239. The Balaban J connectivity index is 2.36. The maximum absolute atomic E-state index is 14.0. The summed E-state index contributed by atoms with van der Waals surface area (Å²) < 4.78 is 19.3. The molecular weight excluding hydrogens is 283 g/mol. The van der Waals surface area contributed by atoms with Crippen LogP contribution in [0.15, 0.2) is 36.4 Å². The van der Waals surface area contributed by atoms with E-state index in [9.17, 15) is 9.18 Å². The second kappa shape index (κ2) is 7.07. The maximum Gasteiger partial charge on any atom is 0.335 e. The average Bonchev–Trinajstić information content (AvgIpc) is 2.52. The molecule has 3 nitrogen and oxygen atoms in total. The molecule has 2 aromatic rings. The molecule has 2 aromatic carbocycles. The van der Waals surface area contributed by atoms with Gasteiger partial charge in [-0.3, -0.25) is 0 Å². The number of rotatable bonds is 6. The number of carboxylic acid groups (broad SMARTS) is 1. The molecular formula is C18H19FO3. The van der Waals surface area contributed by atoms with Crippen molar-refractivity contribution in [1.29, 1.82) is 0 Å². The summed E-state index contributed by atoms with van der Waals surface area (Å²) in [6, 6.07) is 9.87. The highest BCUT2D eigenvalue weighted by Gasteiger charge is 2.11. The zero-order valence-electron chi connectivity index (χ0n) is 12.7. The van der Waals surface area contributed by atoms with Gasteiger partial charge in [0.05, 0.1) is 12.2 Å². The molecule has 0 unspecified atom stereocenters. The summed E-state index contributed by atoms with van der Waals surface area (Å²) in [6.07, 6.45) is 1.42. The molecule has 116 valence electrons. The smallest absolute Gasteiger partial charge is 0.335 e. The Bertz CT molecular complexity index is 680. The zero-order valence-corrected chi connectivity index (χ0v) is 12.7. The highest BCUT2D eigenvalue weighted by Crippen LogP contribution is 2.27. The minimum atomic E-state index is -0.946. The van der Waals surface area contributed by atoms with E-state index < -0.39 is 11.8 Å². The van der Waals surface area contributed by atoms with Crippen LogP contribution >= 0.6 is 0 Å². The summed E-state index contributed by atoms with van der Waals surface area (Å²) in [5, 5.41) is 9.14. The first-order chi connectivity index (χ1) is 10.6. The van der Waals surface area contributed by atoms with Gasteiger partial charge < -0.3 is 9.84 Å². The van der Waals surface area contributed by atoms with Crippen molar-refractivity contribution in [2.24, 2.45) is 0 Å². The lowest BCUT2D eigenvalue weighted by Crippen LogP contribution is -2.02. The fourth-order valence-corrected chi connectivity index (χ4v) is 2.28. The first-order valence-corrected chi connectivity index (χ1v) is 7.35. The van der Waals surface area contributed by atoms with Crippen LogP contribution in [0.5, 0.6) is 5.75 Å². The third-order valence-electron chi connectivity index (χ3n) is 3.44. The number of hydrogen-bond acceptors (Lipinski definition) is 2. The lowest BCUT2D eigenvalue weighted by molar-refractivity contribution is 0.0696. The molecule has 0 spiro atoms. The van der Waals surface area contributed by atoms with Gasteiger partial charge in [0.25, 0.3) is 0 Å². The van der Waals surface area contributed by atoms with Crippen LogP contribution in [-0.4, -0.2) is 17.7 Å². The predicted molar refractivity (Wildman–Crippen MR) is 84.0 cm³/mol. The van der Waals surface area contributed by atoms with E-state index >= 15 is 0 Å². The average molecular weight is 302 g/mol. The fourth-order valence-electron chi connectivity index (χ4n) is 2.28. The molecule has 0 aliphatic carbocycles. The van der Waals surface area contributed by atoms with E-state index in [4.69, 9.17) is 9.84 Å². The summed E-state index contributed by atoms with van der Waals surface area (Å²) in [5.74, 6) is -1.12. The Kier molecular flexibility index (Phi) is 5.15. The van der Waals surface area contributed by atoms with Gasteiger partial charge in [0.2, 0.25) is 0 Å². The largest absolute Gasteiger partial charge is 0.491 e. The second-order valence-corrected chi connectivity index (χ2v) is 5.02. The van der Waals surface area contributed by atoms with Gasteiger partial charge >= 0.3 is 5.97 Å². The van der Waals surface area contributed by atoms with Crippen molar-refractivity contribution < 1.29 is 19.0 Å². The van der Waals surface area contributed by atoms with E-state index in [-0.39, 0.29) is 11.3 Å². The van der Waals surface area contributed by atoms with Gasteiger partial charge in [-0.15, -0.1) is 0 Å². The Labute approximate surface area is 129 Å². The van der Waals surface area contributed by atoms with E-state index in [1.807, 2.05) is 13.8 Å². The Morgan fingerprint density at radius 3 is 2.41 bits per heavy atom. The van der Waals surface area contributed by atoms with E-state index in [1.54, 1.807) is 30.3 Å². The van der Waals surface area contributed by atoms with Gasteiger partial charge in [-0.2, -0.15) is 0 Å². The van der Waals surface area contributed by atoms with Crippen LogP contribution in [0.3, 0.4) is 0 Å². The molecule has 0 atom stereocenters. The zero-order chi connectivity index (χ0) is 16.1. The summed E-state index contributed by atoms with van der Waals surface area (Å²) >= 11 is 0. The van der Waals surface area contributed by atoms with Crippen molar-refractivity contribution in [3.63, 3.8) is 0 Å². The highest BCUT2D eigenvalue weighted by molar-refractivity contribution is 5.90. The highest BCUT2D eigenvalue weighted by atomic mass is 19.1. The Hall–Kier alpha value is -2.36. The summed E-state index contributed by atoms with van der Waals surface area (Å²) in [6.45, 7) is 4.33. The topological polar surface area (TPSA) is 46.5 Å². The van der Waals surface area contributed by atoms with Crippen LogP contribution in [0.2, 0.25) is 0 Å². The van der Waals surface area contributed by atoms with Crippen LogP contribution in [-0.2, 0) is 6.42 Å². The van der Waals surface area contributed by atoms with Crippen molar-refractivity contribution in [2.75, 3.05) is 6.61 Å². The van der Waals surface area contributed by atoms with Crippen molar-refractivity contribution in [3.05, 3.63) is 53.3 Å². The minimum Gasteiger partial charge on any atom is -0.491 e. The standard InChI is InChI=1S/C18H19FO3/c1-3-9-22-17-8-6-14(11-16(17)19)13-5-7-15(18(20)21)12(4-2)10-13/h5-8,10-11H,3-4,9H2,1-2H3,(H,20,21). The van der Waals surface area contributed by atoms with Crippen molar-refractivity contribution in [1.82, 2.24) is 0 Å². The van der Waals surface area contributed by atoms with E-state index in [0.717, 1.165) is 17.5 Å². The second-order valence-electron chi connectivity index (χ2n) is 5.02. The van der Waals surface area contributed by atoms with Gasteiger partial charge in [0.1, 0.15) is 0 Å². The molecule has 0 heterocycles. The Morgan fingerprint density at radius 2 is 1.82 bits per heavy atom. The number of carboxylic acids is 1. The molecule has 0 amide bonds. The quantitative estimate of drug-likeness (QED) is 0.852. The Morgan fingerprint density at radius 1 is 1.14 bits per heavy atom. The first kappa shape index (κ1) is 16.0. The first-order valence-electron chi connectivity index (χ1n) is 7.35. The van der Waals surface area contributed by atoms with Gasteiger partial charge in [-0.25, -0.2) is 9.18 Å².